The van der Waals surface area contributed by atoms with Crippen LogP contribution in [0.1, 0.15) is 56.7 Å². The molecule has 42 heavy (non-hydrogen) atoms. The number of methoxy groups -OCH3 is 1. The van der Waals surface area contributed by atoms with Crippen LogP contribution >= 0.6 is 11.3 Å². The minimum absolute atomic E-state index is 0.0161. The number of rotatable bonds is 10. The number of benzene rings is 1. The van der Waals surface area contributed by atoms with Crippen molar-refractivity contribution in [2.45, 2.75) is 56.7 Å². The first-order chi connectivity index (χ1) is 19.9. The van der Waals surface area contributed by atoms with Crippen molar-refractivity contribution in [1.29, 1.82) is 0 Å². The minimum Gasteiger partial charge on any atom is -0.496 e. The molecular weight excluding hydrogens is 576 g/mol. The molecule has 10 nitrogen and oxygen atoms in total. The van der Waals surface area contributed by atoms with E-state index in [1.165, 1.54) is 36.6 Å². The van der Waals surface area contributed by atoms with Gasteiger partial charge in [-0.3, -0.25) is 4.79 Å². The van der Waals surface area contributed by atoms with Crippen LogP contribution < -0.4 is 15.4 Å². The van der Waals surface area contributed by atoms with Crippen LogP contribution in [0.25, 0.3) is 11.8 Å². The third kappa shape index (κ3) is 8.13. The molecule has 2 N–H and O–H groups in total. The van der Waals surface area contributed by atoms with E-state index in [-0.39, 0.29) is 18.4 Å². The Labute approximate surface area is 253 Å². The molecule has 2 fully saturated rings. The molecule has 3 heterocycles. The highest BCUT2D eigenvalue weighted by Crippen LogP contribution is 2.31. The molecule has 0 saturated carbocycles. The van der Waals surface area contributed by atoms with E-state index in [0.29, 0.717) is 28.6 Å². The first-order valence-electron chi connectivity index (χ1n) is 14.1. The maximum Gasteiger partial charge on any atom is 0.329 e. The van der Waals surface area contributed by atoms with Crippen LogP contribution in [0.15, 0.2) is 35.2 Å². The van der Waals surface area contributed by atoms with E-state index in [2.05, 4.69) is 16.5 Å². The van der Waals surface area contributed by atoms with Crippen LogP contribution in [0.3, 0.4) is 0 Å². The Hall–Kier alpha value is -3.38. The average molecular weight is 619 g/mol. The van der Waals surface area contributed by atoms with Gasteiger partial charge < -0.3 is 25.0 Å². The van der Waals surface area contributed by atoms with Crippen molar-refractivity contribution in [2.75, 3.05) is 44.5 Å². The lowest BCUT2D eigenvalue weighted by atomic mass is 9.96. The molecule has 2 aliphatic heterocycles. The normalized spacial score (nSPS) is 17.7. The fourth-order valence-electron chi connectivity index (χ4n) is 4.99. The van der Waals surface area contributed by atoms with Crippen LogP contribution in [-0.4, -0.2) is 75.8 Å². The Morgan fingerprint density at radius 3 is 2.48 bits per heavy atom. The number of carbonyl (C=O) groups excluding carboxylic acids is 2. The van der Waals surface area contributed by atoms with Crippen LogP contribution in [0.5, 0.6) is 5.75 Å². The maximum atomic E-state index is 12.7. The summed E-state index contributed by atoms with van der Waals surface area (Å²) in [5.41, 5.74) is 8.83. The Balaban J connectivity index is 0.000000287. The van der Waals surface area contributed by atoms with Gasteiger partial charge >= 0.3 is 5.97 Å². The number of thiazole rings is 1. The molecule has 12 heteroatoms. The predicted octanol–water partition coefficient (Wildman–Crippen LogP) is 4.15. The topological polar surface area (TPSA) is 132 Å². The van der Waals surface area contributed by atoms with Crippen LogP contribution in [-0.2, 0) is 30.6 Å². The summed E-state index contributed by atoms with van der Waals surface area (Å²) >= 11 is 1.26. The van der Waals surface area contributed by atoms with Crippen molar-refractivity contribution < 1.29 is 27.5 Å². The summed E-state index contributed by atoms with van der Waals surface area (Å²) in [7, 11) is -1.51. The van der Waals surface area contributed by atoms with Crippen molar-refractivity contribution in [3.05, 3.63) is 47.7 Å². The molecule has 0 bridgehead atoms. The Morgan fingerprint density at radius 2 is 1.98 bits per heavy atom. The number of sulfone groups is 1. The van der Waals surface area contributed by atoms with E-state index in [9.17, 15) is 18.0 Å². The Bertz CT molecular complexity index is 1410. The SMILES string of the molecule is C=C(N)c1cc(OC)c(C[C@H](C(=O)OCC)N2CC[C@H](C)C2=O)cc1/C=C\C.CS(=O)(=O)c1cnc(N2CCCC2)s1. The van der Waals surface area contributed by atoms with Gasteiger partial charge in [0.05, 0.1) is 19.9 Å². The van der Waals surface area contributed by atoms with Gasteiger partial charge in [0.1, 0.15) is 16.0 Å². The molecule has 0 aliphatic carbocycles. The van der Waals surface area contributed by atoms with Gasteiger partial charge in [0.15, 0.2) is 15.0 Å². The van der Waals surface area contributed by atoms with Crippen molar-refractivity contribution in [2.24, 2.45) is 11.7 Å². The first kappa shape index (κ1) is 33.1. The number of ether oxygens (including phenoxy) is 2. The Morgan fingerprint density at radius 1 is 1.29 bits per heavy atom. The molecule has 1 aromatic heterocycles. The number of allylic oxidation sites excluding steroid dienone is 1. The molecule has 2 aromatic rings. The van der Waals surface area contributed by atoms with Crippen molar-refractivity contribution in [3.8, 4) is 5.75 Å². The van der Waals surface area contributed by atoms with Gasteiger partial charge in [-0.25, -0.2) is 18.2 Å². The highest BCUT2D eigenvalue weighted by Gasteiger charge is 2.38. The third-order valence-electron chi connectivity index (χ3n) is 7.21. The van der Waals surface area contributed by atoms with Gasteiger partial charge in [-0.15, -0.1) is 0 Å². The van der Waals surface area contributed by atoms with Crippen molar-refractivity contribution in [1.82, 2.24) is 9.88 Å². The van der Waals surface area contributed by atoms with Gasteiger partial charge in [0.25, 0.3) is 0 Å². The number of nitrogens with two attached hydrogens (primary N) is 1. The second-order valence-electron chi connectivity index (χ2n) is 10.4. The highest BCUT2D eigenvalue weighted by molar-refractivity contribution is 7.92. The zero-order chi connectivity index (χ0) is 31.0. The van der Waals surface area contributed by atoms with Crippen LogP contribution in [0.2, 0.25) is 0 Å². The molecule has 1 amide bonds. The number of anilines is 1. The fraction of sp³-hybridized carbons (Fsp3) is 0.500. The summed E-state index contributed by atoms with van der Waals surface area (Å²) in [5.74, 6) is 0.105. The number of nitrogens with zero attached hydrogens (tertiary/aromatic N) is 3. The summed E-state index contributed by atoms with van der Waals surface area (Å²) in [6, 6.07) is 3.07. The summed E-state index contributed by atoms with van der Waals surface area (Å²) in [6.07, 6.45) is 9.90. The standard InChI is InChI=1S/C22H30N2O4.C8H12N2O2S2/c1-6-8-16-11-17(20(27-5)13-18(16)15(4)23)12-19(22(26)28-7-2)24-10-9-14(3)21(24)25;1-14(11,12)7-6-9-8(13-7)10-4-2-3-5-10/h6,8,11,13-14,19H,4,7,9-10,12,23H2,1-3,5H3;6H,2-5H2,1H3/b8-6-;/t14-,19+;/m0./s1. The predicted molar refractivity (Wildman–Crippen MR) is 167 cm³/mol. The molecule has 2 atom stereocenters. The molecule has 0 radical (unpaired) electrons. The van der Waals surface area contributed by atoms with Crippen LogP contribution in [0, 0.1) is 5.92 Å². The molecule has 2 saturated heterocycles. The lowest BCUT2D eigenvalue weighted by Gasteiger charge is -2.27. The molecule has 230 valence electrons. The number of amides is 1. The number of hydrogen-bond donors (Lipinski definition) is 1. The summed E-state index contributed by atoms with van der Waals surface area (Å²) < 4.78 is 33.6. The van der Waals surface area contributed by atoms with Gasteiger partial charge in [-0.1, -0.05) is 37.0 Å². The maximum absolute atomic E-state index is 12.7. The van der Waals surface area contributed by atoms with E-state index < -0.39 is 21.8 Å². The first-order valence-corrected chi connectivity index (χ1v) is 16.8. The van der Waals surface area contributed by atoms with Gasteiger partial charge in [-0.05, 0) is 56.4 Å². The van der Waals surface area contributed by atoms with Gasteiger partial charge in [-0.2, -0.15) is 0 Å². The van der Waals surface area contributed by atoms with Crippen LogP contribution in [0.4, 0.5) is 5.13 Å². The number of hydrogen-bond acceptors (Lipinski definition) is 10. The second-order valence-corrected chi connectivity index (χ2v) is 13.6. The number of aromatic nitrogens is 1. The van der Waals surface area contributed by atoms with E-state index in [0.717, 1.165) is 41.3 Å². The van der Waals surface area contributed by atoms with Crippen molar-refractivity contribution in [3.63, 3.8) is 0 Å². The fourth-order valence-corrected chi connectivity index (χ4v) is 6.77. The summed E-state index contributed by atoms with van der Waals surface area (Å²) in [5, 5.41) is 0.836. The van der Waals surface area contributed by atoms with Crippen molar-refractivity contribution >= 4 is 50.0 Å². The summed E-state index contributed by atoms with van der Waals surface area (Å²) in [6.45, 7) is 12.2. The lowest BCUT2D eigenvalue weighted by molar-refractivity contribution is -0.153. The molecule has 1 aromatic carbocycles. The molecule has 0 spiro atoms. The zero-order valence-corrected chi connectivity index (χ0v) is 26.7. The largest absolute Gasteiger partial charge is 0.496 e. The van der Waals surface area contributed by atoms with Gasteiger partial charge in [0, 0.05) is 49.5 Å². The van der Waals surface area contributed by atoms with Gasteiger partial charge in [0.2, 0.25) is 5.91 Å². The second kappa shape index (κ2) is 14.7. The lowest BCUT2D eigenvalue weighted by Crippen LogP contribution is -2.45. The Kier molecular flexibility index (Phi) is 11.6. The average Bonchev–Trinajstić information content (AvgIpc) is 3.70. The minimum atomic E-state index is -3.08. The molecule has 4 rings (SSSR count). The number of esters is 1. The molecular formula is C30H42N4O6S2. The van der Waals surface area contributed by atoms with E-state index in [4.69, 9.17) is 15.2 Å². The van der Waals surface area contributed by atoms with E-state index >= 15 is 0 Å². The number of carbonyl (C=O) groups is 2. The van der Waals surface area contributed by atoms with E-state index in [1.807, 2.05) is 38.1 Å². The third-order valence-corrected chi connectivity index (χ3v) is 10.1. The highest BCUT2D eigenvalue weighted by atomic mass is 32.2. The molecule has 0 unspecified atom stereocenters. The number of likely N-dealkylation sites (tertiary alicyclic amines) is 1. The smallest absolute Gasteiger partial charge is 0.329 e. The summed E-state index contributed by atoms with van der Waals surface area (Å²) in [4.78, 5) is 33.1. The quantitative estimate of drug-likeness (QED) is 0.390. The monoisotopic (exact) mass is 618 g/mol. The zero-order valence-electron chi connectivity index (χ0n) is 25.1. The molecule has 2 aliphatic rings. The van der Waals surface area contributed by atoms with E-state index in [1.54, 1.807) is 18.9 Å².